The number of nitrogens with zero attached hydrogens (tertiary/aromatic N) is 1. The van der Waals surface area contributed by atoms with E-state index < -0.39 is 0 Å². The number of nitrogens with two attached hydrogens (primary N) is 1. The minimum Gasteiger partial charge on any atom is -0.493 e. The number of ether oxygens (including phenoxy) is 1. The fraction of sp³-hybridized carbons (Fsp3) is 0.462. The topological polar surface area (TPSA) is 38.5 Å². The van der Waals surface area contributed by atoms with Crippen LogP contribution in [0.2, 0.25) is 5.02 Å². The second-order valence-corrected chi connectivity index (χ2v) is 5.57. The van der Waals surface area contributed by atoms with Crippen molar-refractivity contribution in [3.8, 4) is 5.75 Å². The van der Waals surface area contributed by atoms with Gasteiger partial charge in [0, 0.05) is 36.5 Å². The van der Waals surface area contributed by atoms with E-state index in [1.807, 2.05) is 19.2 Å². The molecule has 5 heteroatoms. The molecule has 0 radical (unpaired) electrons. The molecule has 1 aromatic carbocycles. The molecule has 1 heterocycles. The smallest absolute Gasteiger partial charge is 0.127 e. The number of hydrogen-bond acceptors (Lipinski definition) is 3. The van der Waals surface area contributed by atoms with Gasteiger partial charge in [0.15, 0.2) is 0 Å². The van der Waals surface area contributed by atoms with E-state index in [1.165, 1.54) is 5.56 Å². The fourth-order valence-electron chi connectivity index (χ4n) is 2.13. The molecule has 0 aliphatic carbocycles. The number of hydrogen-bond donors (Lipinski definition) is 1. The molecule has 2 N–H and O–H groups in total. The highest BCUT2D eigenvalue weighted by molar-refractivity contribution is 7.80. The first-order chi connectivity index (χ1) is 8.56. The van der Waals surface area contributed by atoms with Gasteiger partial charge in [0.25, 0.3) is 0 Å². The van der Waals surface area contributed by atoms with Gasteiger partial charge in [0.05, 0.1) is 11.6 Å². The van der Waals surface area contributed by atoms with Crippen LogP contribution in [0, 0.1) is 0 Å². The van der Waals surface area contributed by atoms with Crippen molar-refractivity contribution >= 4 is 28.8 Å². The van der Waals surface area contributed by atoms with Crippen molar-refractivity contribution in [2.75, 3.05) is 20.2 Å². The van der Waals surface area contributed by atoms with Crippen LogP contribution in [0.25, 0.3) is 0 Å². The second-order valence-electron chi connectivity index (χ2n) is 4.61. The van der Waals surface area contributed by atoms with Crippen LogP contribution in [0.5, 0.6) is 5.75 Å². The maximum Gasteiger partial charge on any atom is 0.127 e. The Morgan fingerprint density at radius 1 is 1.56 bits per heavy atom. The Kier molecular flexibility index (Phi) is 4.43. The van der Waals surface area contributed by atoms with Crippen LogP contribution in [0.4, 0.5) is 0 Å². The molecule has 0 aromatic heterocycles. The first-order valence-electron chi connectivity index (χ1n) is 5.97. The number of thiocarbonyl (C=S) groups is 1. The van der Waals surface area contributed by atoms with Crippen molar-refractivity contribution in [1.82, 2.24) is 4.90 Å². The normalized spacial score (nSPS) is 13.5. The zero-order chi connectivity index (χ0) is 13.1. The highest BCUT2D eigenvalue weighted by Crippen LogP contribution is 2.33. The lowest BCUT2D eigenvalue weighted by Crippen LogP contribution is -2.23. The Bertz CT molecular complexity index is 465. The van der Waals surface area contributed by atoms with E-state index >= 15 is 0 Å². The SMILES string of the molecule is CN(CCC(N)=S)Cc1cc(Cl)cc2c1OCC2. The van der Waals surface area contributed by atoms with E-state index in [4.69, 9.17) is 34.3 Å². The first-order valence-corrected chi connectivity index (χ1v) is 6.76. The van der Waals surface area contributed by atoms with Gasteiger partial charge in [0.2, 0.25) is 0 Å². The van der Waals surface area contributed by atoms with Gasteiger partial charge >= 0.3 is 0 Å². The van der Waals surface area contributed by atoms with Crippen LogP contribution in [-0.4, -0.2) is 30.1 Å². The summed E-state index contributed by atoms with van der Waals surface area (Å²) in [5.74, 6) is 1.00. The molecule has 0 fully saturated rings. The molecule has 2 rings (SSSR count). The third-order valence-corrected chi connectivity index (χ3v) is 3.43. The summed E-state index contributed by atoms with van der Waals surface area (Å²) in [7, 11) is 2.04. The van der Waals surface area contributed by atoms with Gasteiger partial charge in [-0.15, -0.1) is 0 Å². The predicted molar refractivity (Wildman–Crippen MR) is 78.4 cm³/mol. The number of rotatable bonds is 5. The molecule has 1 aliphatic rings. The van der Waals surface area contributed by atoms with Crippen LogP contribution in [0.1, 0.15) is 17.5 Å². The highest BCUT2D eigenvalue weighted by Gasteiger charge is 2.18. The van der Waals surface area contributed by atoms with Crippen LogP contribution < -0.4 is 10.5 Å². The molecule has 0 saturated heterocycles. The van der Waals surface area contributed by atoms with Gasteiger partial charge in [-0.1, -0.05) is 23.8 Å². The number of halogens is 1. The molecule has 0 saturated carbocycles. The summed E-state index contributed by atoms with van der Waals surface area (Å²) in [5, 5.41) is 0.775. The van der Waals surface area contributed by atoms with Crippen LogP contribution in [0.3, 0.4) is 0 Å². The van der Waals surface area contributed by atoms with Crippen LogP contribution in [-0.2, 0) is 13.0 Å². The number of benzene rings is 1. The van der Waals surface area contributed by atoms with E-state index in [9.17, 15) is 0 Å². The Morgan fingerprint density at radius 2 is 2.33 bits per heavy atom. The standard InChI is InChI=1S/C13H17ClN2OS/c1-16(4-2-12(15)18)8-10-7-11(14)6-9-3-5-17-13(9)10/h6-7H,2-5,8H2,1H3,(H2,15,18). The van der Waals surface area contributed by atoms with Gasteiger partial charge < -0.3 is 15.4 Å². The van der Waals surface area contributed by atoms with Gasteiger partial charge in [-0.05, 0) is 24.7 Å². The van der Waals surface area contributed by atoms with E-state index in [1.54, 1.807) is 0 Å². The molecule has 0 spiro atoms. The Balaban J connectivity index is 2.07. The van der Waals surface area contributed by atoms with Gasteiger partial charge in [-0.3, -0.25) is 0 Å². The number of fused-ring (bicyclic) bond motifs is 1. The molecule has 18 heavy (non-hydrogen) atoms. The van der Waals surface area contributed by atoms with Crippen molar-refractivity contribution in [3.63, 3.8) is 0 Å². The van der Waals surface area contributed by atoms with Crippen LogP contribution >= 0.6 is 23.8 Å². The largest absolute Gasteiger partial charge is 0.493 e. The molecular formula is C13H17ClN2OS. The van der Waals surface area contributed by atoms with E-state index in [-0.39, 0.29) is 0 Å². The second kappa shape index (κ2) is 5.87. The third-order valence-electron chi connectivity index (χ3n) is 3.01. The predicted octanol–water partition coefficient (Wildman–Crippen LogP) is 2.38. The average molecular weight is 285 g/mol. The minimum atomic E-state index is 0.550. The first kappa shape index (κ1) is 13.6. The molecule has 3 nitrogen and oxygen atoms in total. The summed E-state index contributed by atoms with van der Waals surface area (Å²) in [6, 6.07) is 3.96. The van der Waals surface area contributed by atoms with Gasteiger partial charge in [-0.2, -0.15) is 0 Å². The molecule has 0 unspecified atom stereocenters. The molecule has 0 atom stereocenters. The summed E-state index contributed by atoms with van der Waals surface area (Å²) >= 11 is 11.0. The van der Waals surface area contributed by atoms with E-state index in [2.05, 4.69) is 4.90 Å². The summed E-state index contributed by atoms with van der Waals surface area (Å²) in [6.45, 7) is 2.39. The highest BCUT2D eigenvalue weighted by atomic mass is 35.5. The van der Waals surface area contributed by atoms with E-state index in [0.717, 1.165) is 48.9 Å². The maximum atomic E-state index is 6.12. The lowest BCUT2D eigenvalue weighted by molar-refractivity contribution is 0.317. The summed E-state index contributed by atoms with van der Waals surface area (Å²) in [4.78, 5) is 2.72. The third kappa shape index (κ3) is 3.34. The average Bonchev–Trinajstić information content (AvgIpc) is 2.74. The lowest BCUT2D eigenvalue weighted by Gasteiger charge is -2.18. The monoisotopic (exact) mass is 284 g/mol. The summed E-state index contributed by atoms with van der Waals surface area (Å²) in [5.41, 5.74) is 7.86. The quantitative estimate of drug-likeness (QED) is 0.843. The molecule has 1 aliphatic heterocycles. The maximum absolute atomic E-state index is 6.12. The van der Waals surface area contributed by atoms with Crippen molar-refractivity contribution in [2.45, 2.75) is 19.4 Å². The Labute approximate surface area is 118 Å². The molecular weight excluding hydrogens is 268 g/mol. The van der Waals surface area contributed by atoms with E-state index in [0.29, 0.717) is 4.99 Å². The molecule has 0 amide bonds. The van der Waals surface area contributed by atoms with Crippen molar-refractivity contribution in [2.24, 2.45) is 5.73 Å². The van der Waals surface area contributed by atoms with Gasteiger partial charge in [0.1, 0.15) is 5.75 Å². The molecule has 98 valence electrons. The lowest BCUT2D eigenvalue weighted by atomic mass is 10.1. The Morgan fingerprint density at radius 3 is 3.06 bits per heavy atom. The molecule has 1 aromatic rings. The zero-order valence-electron chi connectivity index (χ0n) is 10.4. The van der Waals surface area contributed by atoms with Crippen molar-refractivity contribution in [3.05, 3.63) is 28.3 Å². The molecule has 0 bridgehead atoms. The zero-order valence-corrected chi connectivity index (χ0v) is 12.0. The van der Waals surface area contributed by atoms with Crippen LogP contribution in [0.15, 0.2) is 12.1 Å². The summed E-state index contributed by atoms with van der Waals surface area (Å²) < 4.78 is 5.68. The van der Waals surface area contributed by atoms with Gasteiger partial charge in [-0.25, -0.2) is 0 Å². The summed E-state index contributed by atoms with van der Waals surface area (Å²) in [6.07, 6.45) is 1.68. The Hall–Kier alpha value is -0.840. The van der Waals surface area contributed by atoms with Crippen molar-refractivity contribution in [1.29, 1.82) is 0 Å². The fourth-order valence-corrected chi connectivity index (χ4v) is 2.49. The van der Waals surface area contributed by atoms with Crippen molar-refractivity contribution < 1.29 is 4.74 Å². The minimum absolute atomic E-state index is 0.550.